The van der Waals surface area contributed by atoms with Crippen LogP contribution in [0.1, 0.15) is 64.7 Å². The Hall–Kier alpha value is -0.530. The first-order valence-electron chi connectivity index (χ1n) is 7.95. The Kier molecular flexibility index (Phi) is 3.63. The van der Waals surface area contributed by atoms with Crippen molar-refractivity contribution in [3.63, 3.8) is 0 Å². The van der Waals surface area contributed by atoms with Gasteiger partial charge in [0.2, 0.25) is 0 Å². The van der Waals surface area contributed by atoms with Gasteiger partial charge in [0.1, 0.15) is 6.10 Å². The number of rotatable bonds is 5. The fourth-order valence-electron chi connectivity index (χ4n) is 4.80. The molecule has 0 aliphatic heterocycles. The maximum absolute atomic E-state index is 11.9. The number of hydrogen-bond acceptors (Lipinski definition) is 2. The molecule has 4 saturated carbocycles. The van der Waals surface area contributed by atoms with Crippen LogP contribution in [0, 0.1) is 23.7 Å². The van der Waals surface area contributed by atoms with Crippen LogP contribution in [0.3, 0.4) is 0 Å². The molecule has 0 heterocycles. The lowest BCUT2D eigenvalue weighted by Crippen LogP contribution is -2.50. The first-order chi connectivity index (χ1) is 8.76. The monoisotopic (exact) mass is 250 g/mol. The van der Waals surface area contributed by atoms with Gasteiger partial charge in [-0.25, -0.2) is 0 Å². The highest BCUT2D eigenvalue weighted by Gasteiger charge is 2.49. The first-order valence-corrected chi connectivity index (χ1v) is 7.95. The lowest BCUT2D eigenvalue weighted by Gasteiger charge is -2.53. The van der Waals surface area contributed by atoms with Crippen molar-refractivity contribution in [2.24, 2.45) is 23.7 Å². The summed E-state index contributed by atoms with van der Waals surface area (Å²) in [5, 5.41) is 0. The van der Waals surface area contributed by atoms with E-state index >= 15 is 0 Å². The smallest absolute Gasteiger partial charge is 0.306 e. The van der Waals surface area contributed by atoms with Crippen molar-refractivity contribution < 1.29 is 9.53 Å². The molecule has 102 valence electrons. The van der Waals surface area contributed by atoms with Crippen molar-refractivity contribution in [1.82, 2.24) is 0 Å². The van der Waals surface area contributed by atoms with E-state index in [-0.39, 0.29) is 12.1 Å². The Bertz CT molecular complexity index is 282. The van der Waals surface area contributed by atoms with Gasteiger partial charge in [-0.05, 0) is 62.2 Å². The molecule has 0 saturated heterocycles. The van der Waals surface area contributed by atoms with E-state index in [1.165, 1.54) is 38.5 Å². The van der Waals surface area contributed by atoms with Gasteiger partial charge in [-0.1, -0.05) is 19.8 Å². The van der Waals surface area contributed by atoms with Crippen LogP contribution in [0.5, 0.6) is 0 Å². The summed E-state index contributed by atoms with van der Waals surface area (Å²) in [5.41, 5.74) is 0. The van der Waals surface area contributed by atoms with E-state index in [1.807, 2.05) is 0 Å². The third-order valence-corrected chi connectivity index (χ3v) is 5.39. The molecule has 0 atom stereocenters. The molecule has 0 radical (unpaired) electrons. The van der Waals surface area contributed by atoms with Crippen molar-refractivity contribution >= 4 is 5.97 Å². The van der Waals surface area contributed by atoms with Crippen LogP contribution in [-0.4, -0.2) is 12.1 Å². The minimum Gasteiger partial charge on any atom is -0.462 e. The third-order valence-electron chi connectivity index (χ3n) is 5.39. The molecule has 0 aromatic rings. The quantitative estimate of drug-likeness (QED) is 0.546. The highest BCUT2D eigenvalue weighted by atomic mass is 16.5. The summed E-state index contributed by atoms with van der Waals surface area (Å²) >= 11 is 0. The molecule has 4 bridgehead atoms. The predicted molar refractivity (Wildman–Crippen MR) is 71.1 cm³/mol. The molecule has 2 heteroatoms. The average Bonchev–Trinajstić information content (AvgIpc) is 2.33. The second-order valence-corrected chi connectivity index (χ2v) is 6.84. The summed E-state index contributed by atoms with van der Waals surface area (Å²) in [6.45, 7) is 2.17. The van der Waals surface area contributed by atoms with Crippen LogP contribution in [0.4, 0.5) is 0 Å². The second-order valence-electron chi connectivity index (χ2n) is 6.84. The summed E-state index contributed by atoms with van der Waals surface area (Å²) in [7, 11) is 0. The van der Waals surface area contributed by atoms with Crippen LogP contribution >= 0.6 is 0 Å². The number of esters is 1. The maximum Gasteiger partial charge on any atom is 0.306 e. The normalized spacial score (nSPS) is 41.1. The molecule has 0 unspecified atom stereocenters. The molecule has 0 spiro atoms. The molecule has 0 aromatic heterocycles. The van der Waals surface area contributed by atoms with Gasteiger partial charge in [0.15, 0.2) is 0 Å². The molecule has 4 aliphatic rings. The van der Waals surface area contributed by atoms with Gasteiger partial charge in [-0.2, -0.15) is 0 Å². The van der Waals surface area contributed by atoms with Gasteiger partial charge in [0.05, 0.1) is 0 Å². The maximum atomic E-state index is 11.9. The van der Waals surface area contributed by atoms with E-state index < -0.39 is 0 Å². The zero-order valence-corrected chi connectivity index (χ0v) is 11.6. The Morgan fingerprint density at radius 3 is 2.17 bits per heavy atom. The molecule has 4 fully saturated rings. The van der Waals surface area contributed by atoms with E-state index in [0.717, 1.165) is 24.7 Å². The molecule has 0 N–H and O–H groups in total. The van der Waals surface area contributed by atoms with Gasteiger partial charge in [-0.3, -0.25) is 4.79 Å². The van der Waals surface area contributed by atoms with Crippen LogP contribution in [-0.2, 0) is 9.53 Å². The second kappa shape index (κ2) is 5.22. The first kappa shape index (κ1) is 12.5. The third kappa shape index (κ3) is 2.44. The van der Waals surface area contributed by atoms with Crippen LogP contribution in [0.15, 0.2) is 0 Å². The van der Waals surface area contributed by atoms with E-state index in [2.05, 4.69) is 6.92 Å². The lowest BCUT2D eigenvalue weighted by molar-refractivity contribution is -0.170. The fourth-order valence-corrected chi connectivity index (χ4v) is 4.80. The summed E-state index contributed by atoms with van der Waals surface area (Å²) in [5.74, 6) is 3.40. The number of carbonyl (C=O) groups is 1. The van der Waals surface area contributed by atoms with Crippen molar-refractivity contribution in [3.8, 4) is 0 Å². The van der Waals surface area contributed by atoms with Crippen LogP contribution < -0.4 is 0 Å². The fraction of sp³-hybridized carbons (Fsp3) is 0.938. The summed E-state index contributed by atoms with van der Waals surface area (Å²) in [6.07, 6.45) is 11.0. The van der Waals surface area contributed by atoms with Crippen LogP contribution in [0.25, 0.3) is 0 Å². The summed E-state index contributed by atoms with van der Waals surface area (Å²) in [4.78, 5) is 11.9. The van der Waals surface area contributed by atoms with Crippen molar-refractivity contribution in [2.45, 2.75) is 70.8 Å². The largest absolute Gasteiger partial charge is 0.462 e. The van der Waals surface area contributed by atoms with E-state index in [1.54, 1.807) is 0 Å². The summed E-state index contributed by atoms with van der Waals surface area (Å²) in [6, 6.07) is 0. The van der Waals surface area contributed by atoms with Gasteiger partial charge in [0.25, 0.3) is 0 Å². The Morgan fingerprint density at radius 1 is 1.00 bits per heavy atom. The number of ether oxygens (including phenoxy) is 1. The van der Waals surface area contributed by atoms with E-state index in [4.69, 9.17) is 4.74 Å². The van der Waals surface area contributed by atoms with Gasteiger partial charge >= 0.3 is 5.97 Å². The molecule has 0 aromatic carbocycles. The van der Waals surface area contributed by atoms with Crippen molar-refractivity contribution in [2.75, 3.05) is 0 Å². The summed E-state index contributed by atoms with van der Waals surface area (Å²) < 4.78 is 5.83. The SMILES string of the molecule is CCCCCC(=O)OC1C2CC3CC(C2)CC1C3. The van der Waals surface area contributed by atoms with Gasteiger partial charge < -0.3 is 4.74 Å². The zero-order chi connectivity index (χ0) is 12.5. The van der Waals surface area contributed by atoms with Crippen molar-refractivity contribution in [1.29, 1.82) is 0 Å². The standard InChI is InChI=1S/C16H26O2/c1-2-3-4-5-15(17)18-16-13-7-11-6-12(9-13)10-14(16)8-11/h11-14,16H,2-10H2,1H3. The van der Waals surface area contributed by atoms with Gasteiger partial charge in [0, 0.05) is 6.42 Å². The predicted octanol–water partition coefficient (Wildman–Crippen LogP) is 3.93. The number of carbonyl (C=O) groups excluding carboxylic acids is 1. The topological polar surface area (TPSA) is 26.3 Å². The molecule has 4 rings (SSSR count). The molecule has 0 amide bonds. The average molecular weight is 250 g/mol. The molecular formula is C16H26O2. The molecule has 2 nitrogen and oxygen atoms in total. The van der Waals surface area contributed by atoms with E-state index in [9.17, 15) is 4.79 Å². The Labute approximate surface area is 110 Å². The molecular weight excluding hydrogens is 224 g/mol. The lowest BCUT2D eigenvalue weighted by atomic mass is 9.55. The highest BCUT2D eigenvalue weighted by molar-refractivity contribution is 5.69. The van der Waals surface area contributed by atoms with Crippen molar-refractivity contribution in [3.05, 3.63) is 0 Å². The Morgan fingerprint density at radius 2 is 1.61 bits per heavy atom. The zero-order valence-electron chi connectivity index (χ0n) is 11.6. The van der Waals surface area contributed by atoms with E-state index in [0.29, 0.717) is 18.3 Å². The van der Waals surface area contributed by atoms with Crippen LogP contribution in [0.2, 0.25) is 0 Å². The minimum atomic E-state index is 0.0703. The Balaban J connectivity index is 1.52. The minimum absolute atomic E-state index is 0.0703. The molecule has 4 aliphatic carbocycles. The molecule has 18 heavy (non-hydrogen) atoms. The highest BCUT2D eigenvalue weighted by Crippen LogP contribution is 2.54. The number of unbranched alkanes of at least 4 members (excludes halogenated alkanes) is 2. The number of hydrogen-bond donors (Lipinski definition) is 0. The van der Waals surface area contributed by atoms with Gasteiger partial charge in [-0.15, -0.1) is 0 Å².